The standard InChI is InChI=1S/C20H23N3O2S/c1-15(2)26-17-8-6-16(7-9-17)19(24)22-11-13-23(14-12-22)20(25)18-5-3-4-10-21-18/h3-10,15H,11-14H2,1-2H3. The van der Waals surface area contributed by atoms with Crippen LogP contribution in [0.25, 0.3) is 0 Å². The quantitative estimate of drug-likeness (QED) is 0.777. The largest absolute Gasteiger partial charge is 0.335 e. The van der Waals surface area contributed by atoms with E-state index in [1.165, 1.54) is 4.90 Å². The lowest BCUT2D eigenvalue weighted by Crippen LogP contribution is -2.50. The maximum Gasteiger partial charge on any atom is 0.272 e. The Labute approximate surface area is 158 Å². The molecule has 1 aromatic heterocycles. The van der Waals surface area contributed by atoms with E-state index in [1.54, 1.807) is 41.1 Å². The monoisotopic (exact) mass is 369 g/mol. The van der Waals surface area contributed by atoms with E-state index in [-0.39, 0.29) is 11.8 Å². The number of piperazine rings is 1. The first-order valence-corrected chi connectivity index (χ1v) is 9.69. The Morgan fingerprint density at radius 1 is 0.923 bits per heavy atom. The van der Waals surface area contributed by atoms with Crippen LogP contribution in [0.15, 0.2) is 53.6 Å². The molecule has 2 amide bonds. The fourth-order valence-corrected chi connectivity index (χ4v) is 3.73. The number of hydrogen-bond donors (Lipinski definition) is 0. The third-order valence-corrected chi connectivity index (χ3v) is 5.23. The number of rotatable bonds is 4. The van der Waals surface area contributed by atoms with Crippen LogP contribution in [-0.4, -0.2) is 58.0 Å². The Morgan fingerprint density at radius 3 is 2.08 bits per heavy atom. The molecule has 0 radical (unpaired) electrons. The third-order valence-electron chi connectivity index (χ3n) is 4.21. The van der Waals surface area contributed by atoms with Crippen LogP contribution < -0.4 is 0 Å². The van der Waals surface area contributed by atoms with Crippen molar-refractivity contribution in [3.05, 3.63) is 59.9 Å². The second kappa shape index (κ2) is 8.36. The number of carbonyl (C=O) groups excluding carboxylic acids is 2. The van der Waals surface area contributed by atoms with E-state index in [9.17, 15) is 9.59 Å². The van der Waals surface area contributed by atoms with Gasteiger partial charge in [-0.1, -0.05) is 19.9 Å². The Hall–Kier alpha value is -2.34. The summed E-state index contributed by atoms with van der Waals surface area (Å²) in [6, 6.07) is 13.1. The van der Waals surface area contributed by atoms with Gasteiger partial charge in [0.15, 0.2) is 0 Å². The highest BCUT2D eigenvalue weighted by molar-refractivity contribution is 7.99. The van der Waals surface area contributed by atoms with E-state index in [2.05, 4.69) is 18.8 Å². The summed E-state index contributed by atoms with van der Waals surface area (Å²) in [5.74, 6) is -0.0520. The molecule has 6 heteroatoms. The van der Waals surface area contributed by atoms with Crippen molar-refractivity contribution in [2.45, 2.75) is 24.0 Å². The minimum absolute atomic E-state index is 0.0241. The predicted octanol–water partition coefficient (Wildman–Crippen LogP) is 3.18. The van der Waals surface area contributed by atoms with Crippen molar-refractivity contribution in [3.63, 3.8) is 0 Å². The zero-order chi connectivity index (χ0) is 18.5. The van der Waals surface area contributed by atoms with Crippen LogP contribution in [0.4, 0.5) is 0 Å². The molecule has 136 valence electrons. The maximum absolute atomic E-state index is 12.7. The summed E-state index contributed by atoms with van der Waals surface area (Å²) < 4.78 is 0. The molecule has 0 saturated carbocycles. The van der Waals surface area contributed by atoms with Crippen molar-refractivity contribution >= 4 is 23.6 Å². The molecule has 1 aliphatic heterocycles. The summed E-state index contributed by atoms with van der Waals surface area (Å²) in [6.07, 6.45) is 1.62. The molecule has 5 nitrogen and oxygen atoms in total. The van der Waals surface area contributed by atoms with E-state index >= 15 is 0 Å². The SMILES string of the molecule is CC(C)Sc1ccc(C(=O)N2CCN(C(=O)c3ccccn3)CC2)cc1. The molecule has 0 spiro atoms. The van der Waals surface area contributed by atoms with Gasteiger partial charge < -0.3 is 9.80 Å². The fraction of sp³-hybridized carbons (Fsp3) is 0.350. The fourth-order valence-electron chi connectivity index (χ4n) is 2.89. The highest BCUT2D eigenvalue weighted by atomic mass is 32.2. The van der Waals surface area contributed by atoms with E-state index in [0.29, 0.717) is 42.7 Å². The molecule has 1 saturated heterocycles. The average molecular weight is 369 g/mol. The topological polar surface area (TPSA) is 53.5 Å². The van der Waals surface area contributed by atoms with Gasteiger partial charge in [0.1, 0.15) is 5.69 Å². The minimum Gasteiger partial charge on any atom is -0.335 e. The zero-order valence-electron chi connectivity index (χ0n) is 15.1. The summed E-state index contributed by atoms with van der Waals surface area (Å²) in [4.78, 5) is 34.0. The van der Waals surface area contributed by atoms with Crippen LogP contribution in [-0.2, 0) is 0 Å². The van der Waals surface area contributed by atoms with E-state index in [4.69, 9.17) is 0 Å². The molecule has 1 aliphatic rings. The number of nitrogens with zero attached hydrogens (tertiary/aromatic N) is 3. The van der Waals surface area contributed by atoms with Crippen molar-refractivity contribution < 1.29 is 9.59 Å². The molecule has 0 aliphatic carbocycles. The van der Waals surface area contributed by atoms with Gasteiger partial charge in [-0.15, -0.1) is 11.8 Å². The highest BCUT2D eigenvalue weighted by Gasteiger charge is 2.25. The summed E-state index contributed by atoms with van der Waals surface area (Å²) in [6.45, 7) is 6.44. The normalized spacial score (nSPS) is 14.6. The number of aromatic nitrogens is 1. The van der Waals surface area contributed by atoms with E-state index < -0.39 is 0 Å². The van der Waals surface area contributed by atoms with Crippen molar-refractivity contribution in [3.8, 4) is 0 Å². The molecule has 0 unspecified atom stereocenters. The van der Waals surface area contributed by atoms with Gasteiger partial charge in [0.05, 0.1) is 0 Å². The Bertz CT molecular complexity index is 754. The summed E-state index contributed by atoms with van der Waals surface area (Å²) in [7, 11) is 0. The second-order valence-electron chi connectivity index (χ2n) is 6.49. The first-order chi connectivity index (χ1) is 12.5. The number of amides is 2. The highest BCUT2D eigenvalue weighted by Crippen LogP contribution is 2.23. The molecule has 0 bridgehead atoms. The molecule has 26 heavy (non-hydrogen) atoms. The van der Waals surface area contributed by atoms with Gasteiger partial charge in [0.25, 0.3) is 11.8 Å². The van der Waals surface area contributed by atoms with Gasteiger partial charge in [-0.2, -0.15) is 0 Å². The van der Waals surface area contributed by atoms with Crippen molar-refractivity contribution in [1.29, 1.82) is 0 Å². The molecule has 1 fully saturated rings. The number of benzene rings is 1. The van der Waals surface area contributed by atoms with E-state index in [1.807, 2.05) is 29.2 Å². The molecule has 3 rings (SSSR count). The van der Waals surface area contributed by atoms with Crippen LogP contribution in [0.5, 0.6) is 0 Å². The van der Waals surface area contributed by atoms with Crippen molar-refractivity contribution in [2.75, 3.05) is 26.2 Å². The van der Waals surface area contributed by atoms with Gasteiger partial charge in [0, 0.05) is 48.1 Å². The lowest BCUT2D eigenvalue weighted by atomic mass is 10.1. The predicted molar refractivity (Wildman–Crippen MR) is 103 cm³/mol. The van der Waals surface area contributed by atoms with Gasteiger partial charge in [-0.25, -0.2) is 0 Å². The average Bonchev–Trinajstić information content (AvgIpc) is 2.68. The van der Waals surface area contributed by atoms with Crippen molar-refractivity contribution in [1.82, 2.24) is 14.8 Å². The minimum atomic E-state index is -0.0761. The molecule has 0 atom stereocenters. The summed E-state index contributed by atoms with van der Waals surface area (Å²) in [5, 5.41) is 0.515. The molecule has 1 aromatic carbocycles. The Balaban J connectivity index is 1.57. The lowest BCUT2D eigenvalue weighted by molar-refractivity contribution is 0.0532. The third kappa shape index (κ3) is 4.43. The van der Waals surface area contributed by atoms with Crippen LogP contribution in [0.3, 0.4) is 0 Å². The van der Waals surface area contributed by atoms with E-state index in [0.717, 1.165) is 0 Å². The summed E-state index contributed by atoms with van der Waals surface area (Å²) in [5.41, 5.74) is 1.15. The Kier molecular flexibility index (Phi) is 5.93. The lowest BCUT2D eigenvalue weighted by Gasteiger charge is -2.34. The van der Waals surface area contributed by atoms with Gasteiger partial charge in [-0.05, 0) is 36.4 Å². The smallest absolute Gasteiger partial charge is 0.272 e. The second-order valence-corrected chi connectivity index (χ2v) is 8.14. The molecule has 2 aromatic rings. The van der Waals surface area contributed by atoms with Crippen molar-refractivity contribution in [2.24, 2.45) is 0 Å². The van der Waals surface area contributed by atoms with Crippen LogP contribution in [0.1, 0.15) is 34.7 Å². The molecule has 2 heterocycles. The molecule has 0 N–H and O–H groups in total. The number of carbonyl (C=O) groups is 2. The first-order valence-electron chi connectivity index (χ1n) is 8.81. The van der Waals surface area contributed by atoms with Crippen LogP contribution in [0, 0.1) is 0 Å². The molecular weight excluding hydrogens is 346 g/mol. The zero-order valence-corrected chi connectivity index (χ0v) is 15.9. The van der Waals surface area contributed by atoms with Gasteiger partial charge in [0.2, 0.25) is 0 Å². The number of thioether (sulfide) groups is 1. The first kappa shape index (κ1) is 18.5. The van der Waals surface area contributed by atoms with Crippen LogP contribution >= 0.6 is 11.8 Å². The maximum atomic E-state index is 12.7. The van der Waals surface area contributed by atoms with Crippen LogP contribution in [0.2, 0.25) is 0 Å². The Morgan fingerprint density at radius 2 is 1.54 bits per heavy atom. The number of pyridine rings is 1. The summed E-state index contributed by atoms with van der Waals surface area (Å²) >= 11 is 1.78. The number of hydrogen-bond acceptors (Lipinski definition) is 4. The van der Waals surface area contributed by atoms with Gasteiger partial charge >= 0.3 is 0 Å². The van der Waals surface area contributed by atoms with Gasteiger partial charge in [-0.3, -0.25) is 14.6 Å². The molecular formula is C20H23N3O2S.